The molecule has 3 rings (SSSR count). The summed E-state index contributed by atoms with van der Waals surface area (Å²) in [4.78, 5) is 22.0. The van der Waals surface area contributed by atoms with Gasteiger partial charge in [0.05, 0.1) is 0 Å². The molecule has 0 aliphatic heterocycles. The zero-order valence-corrected chi connectivity index (χ0v) is 17.7. The van der Waals surface area contributed by atoms with Crippen molar-refractivity contribution < 1.29 is 18.3 Å². The topological polar surface area (TPSA) is 116 Å². The number of aromatic nitrogens is 2. The zero-order valence-electron chi connectivity index (χ0n) is 16.9. The van der Waals surface area contributed by atoms with Gasteiger partial charge >= 0.3 is 5.97 Å². The first kappa shape index (κ1) is 22.2. The number of carbonyl (C=O) groups is 1. The number of hydrogen-bond donors (Lipinski definition) is 2. The molecule has 1 fully saturated rings. The normalized spacial score (nSPS) is 20.8. The van der Waals surface area contributed by atoms with Gasteiger partial charge in [0.15, 0.2) is 0 Å². The molecule has 1 heterocycles. The van der Waals surface area contributed by atoms with Crippen LogP contribution in [0.2, 0.25) is 0 Å². The fraction of sp³-hybridized carbons (Fsp3) is 0.421. The Hall–Kier alpha value is -2.50. The van der Waals surface area contributed by atoms with Crippen LogP contribution in [0.1, 0.15) is 24.8 Å². The second-order valence-electron chi connectivity index (χ2n) is 7.27. The van der Waals surface area contributed by atoms with Gasteiger partial charge < -0.3 is 10.0 Å². The number of hydrogen-bond acceptors (Lipinski definition) is 6. The Morgan fingerprint density at radius 3 is 2.47 bits per heavy atom. The molecular formula is C19H24BN5O4S. The van der Waals surface area contributed by atoms with Crippen molar-refractivity contribution in [3.05, 3.63) is 48.3 Å². The largest absolute Gasteiger partial charge is 0.480 e. The van der Waals surface area contributed by atoms with Crippen LogP contribution in [0.4, 0.5) is 5.95 Å². The van der Waals surface area contributed by atoms with Crippen LogP contribution in [0, 0.1) is 0 Å². The molecule has 2 unspecified atom stereocenters. The quantitative estimate of drug-likeness (QED) is 0.506. The van der Waals surface area contributed by atoms with Crippen LogP contribution >= 0.6 is 0 Å². The SMILES string of the molecule is [B]c1cnc(N(CC)CCN(C)S(=O)(=O)NC2(C(=O)O)CC2c2ccccc2)nc1. The third kappa shape index (κ3) is 4.63. The Bertz CT molecular complexity index is 990. The Morgan fingerprint density at radius 1 is 1.27 bits per heavy atom. The summed E-state index contributed by atoms with van der Waals surface area (Å²) in [7, 11) is 3.00. The van der Waals surface area contributed by atoms with E-state index in [0.29, 0.717) is 24.5 Å². The van der Waals surface area contributed by atoms with Crippen LogP contribution in [0.5, 0.6) is 0 Å². The fourth-order valence-corrected chi connectivity index (χ4v) is 4.58. The number of benzene rings is 1. The summed E-state index contributed by atoms with van der Waals surface area (Å²) in [5.41, 5.74) is -0.295. The highest BCUT2D eigenvalue weighted by Crippen LogP contribution is 2.52. The van der Waals surface area contributed by atoms with Crippen LogP contribution in [0.3, 0.4) is 0 Å². The first-order valence-electron chi connectivity index (χ1n) is 9.55. The first-order chi connectivity index (χ1) is 14.2. The minimum Gasteiger partial charge on any atom is -0.480 e. The molecule has 9 nitrogen and oxygen atoms in total. The third-order valence-corrected chi connectivity index (χ3v) is 6.90. The number of nitrogens with one attached hydrogen (secondary N) is 1. The van der Waals surface area contributed by atoms with Crippen LogP contribution in [0.25, 0.3) is 0 Å². The summed E-state index contributed by atoms with van der Waals surface area (Å²) >= 11 is 0. The molecule has 1 saturated carbocycles. The second kappa shape index (κ2) is 8.70. The van der Waals surface area contributed by atoms with E-state index in [1.54, 1.807) is 24.3 Å². The number of nitrogens with zero attached hydrogens (tertiary/aromatic N) is 4. The Morgan fingerprint density at radius 2 is 1.90 bits per heavy atom. The molecule has 2 aromatic rings. The van der Waals surface area contributed by atoms with Crippen molar-refractivity contribution in [2.24, 2.45) is 0 Å². The summed E-state index contributed by atoms with van der Waals surface area (Å²) in [5, 5.41) is 9.73. The minimum atomic E-state index is -4.02. The monoisotopic (exact) mass is 429 g/mol. The van der Waals surface area contributed by atoms with E-state index in [-0.39, 0.29) is 13.0 Å². The Kier molecular flexibility index (Phi) is 6.44. The van der Waals surface area contributed by atoms with Crippen molar-refractivity contribution in [2.45, 2.75) is 24.8 Å². The Labute approximate surface area is 177 Å². The van der Waals surface area contributed by atoms with Crippen LogP contribution in [-0.2, 0) is 15.0 Å². The lowest BCUT2D eigenvalue weighted by Crippen LogP contribution is -2.51. The molecule has 11 heteroatoms. The van der Waals surface area contributed by atoms with Gasteiger partial charge in [0, 0.05) is 45.0 Å². The van der Waals surface area contributed by atoms with E-state index in [2.05, 4.69) is 14.7 Å². The fourth-order valence-electron chi connectivity index (χ4n) is 3.33. The maximum Gasteiger partial charge on any atom is 0.325 e. The number of anilines is 1. The molecule has 2 radical (unpaired) electrons. The van der Waals surface area contributed by atoms with Crippen LogP contribution in [0.15, 0.2) is 42.7 Å². The van der Waals surface area contributed by atoms with E-state index < -0.39 is 27.6 Å². The molecule has 30 heavy (non-hydrogen) atoms. The summed E-state index contributed by atoms with van der Waals surface area (Å²) in [6.45, 7) is 2.93. The molecule has 1 aromatic carbocycles. The number of carboxylic acids is 1. The average Bonchev–Trinajstić information content (AvgIpc) is 3.45. The minimum absolute atomic E-state index is 0.128. The molecule has 2 N–H and O–H groups in total. The molecule has 1 aromatic heterocycles. The number of likely N-dealkylation sites (N-methyl/N-ethyl adjacent to an activating group) is 2. The summed E-state index contributed by atoms with van der Waals surface area (Å²) in [5.74, 6) is -1.15. The summed E-state index contributed by atoms with van der Waals surface area (Å²) in [6, 6.07) is 9.05. The highest BCUT2D eigenvalue weighted by Gasteiger charge is 2.63. The van der Waals surface area contributed by atoms with Gasteiger partial charge in [-0.3, -0.25) is 4.79 Å². The second-order valence-corrected chi connectivity index (χ2v) is 9.05. The van der Waals surface area contributed by atoms with Gasteiger partial charge in [-0.05, 0) is 18.9 Å². The standard InChI is InChI=1S/C19H24BN5O4S/c1-3-25(18-21-12-15(20)13-22-18)10-9-24(2)30(28,29)23-19(17(26)27)11-16(19)14-7-5-4-6-8-14/h4-8,12-13,16,23H,3,9-11H2,1-2H3,(H,26,27). The summed E-state index contributed by atoms with van der Waals surface area (Å²) in [6.07, 6.45) is 3.18. The lowest BCUT2D eigenvalue weighted by molar-refractivity contribution is -0.140. The van der Waals surface area contributed by atoms with Crippen molar-refractivity contribution in [2.75, 3.05) is 31.6 Å². The zero-order chi connectivity index (χ0) is 21.9. The smallest absolute Gasteiger partial charge is 0.325 e. The number of aliphatic carboxylic acids is 1. The van der Waals surface area contributed by atoms with E-state index in [1.807, 2.05) is 17.9 Å². The molecule has 1 aliphatic carbocycles. The van der Waals surface area contributed by atoms with Gasteiger partial charge in [-0.15, -0.1) is 0 Å². The van der Waals surface area contributed by atoms with Crippen molar-refractivity contribution in [1.82, 2.24) is 19.0 Å². The molecule has 1 aliphatic rings. The van der Waals surface area contributed by atoms with Gasteiger partial charge in [0.25, 0.3) is 10.2 Å². The highest BCUT2D eigenvalue weighted by atomic mass is 32.2. The summed E-state index contributed by atoms with van der Waals surface area (Å²) < 4.78 is 29.2. The molecular weight excluding hydrogens is 405 g/mol. The number of carboxylic acid groups (broad SMARTS) is 1. The third-order valence-electron chi connectivity index (χ3n) is 5.27. The molecule has 2 atom stereocenters. The predicted octanol–water partition coefficient (Wildman–Crippen LogP) is -0.126. The van der Waals surface area contributed by atoms with E-state index >= 15 is 0 Å². The lowest BCUT2D eigenvalue weighted by atomic mass is 10.0. The van der Waals surface area contributed by atoms with Crippen molar-refractivity contribution in [3.8, 4) is 0 Å². The molecule has 0 spiro atoms. The average molecular weight is 429 g/mol. The maximum absolute atomic E-state index is 12.8. The van der Waals surface area contributed by atoms with Crippen molar-refractivity contribution in [1.29, 1.82) is 0 Å². The number of rotatable bonds is 10. The molecule has 0 saturated heterocycles. The van der Waals surface area contributed by atoms with Crippen LogP contribution < -0.4 is 15.1 Å². The van der Waals surface area contributed by atoms with E-state index in [4.69, 9.17) is 7.85 Å². The first-order valence-corrected chi connectivity index (χ1v) is 11.0. The van der Waals surface area contributed by atoms with Crippen LogP contribution in [-0.4, -0.2) is 73.8 Å². The van der Waals surface area contributed by atoms with E-state index in [9.17, 15) is 18.3 Å². The molecule has 0 bridgehead atoms. The lowest BCUT2D eigenvalue weighted by Gasteiger charge is -2.26. The highest BCUT2D eigenvalue weighted by molar-refractivity contribution is 7.87. The predicted molar refractivity (Wildman–Crippen MR) is 114 cm³/mol. The van der Waals surface area contributed by atoms with E-state index in [1.165, 1.54) is 19.4 Å². The van der Waals surface area contributed by atoms with E-state index in [0.717, 1.165) is 9.87 Å². The molecule has 0 amide bonds. The van der Waals surface area contributed by atoms with Crippen molar-refractivity contribution >= 4 is 35.4 Å². The van der Waals surface area contributed by atoms with Crippen molar-refractivity contribution in [3.63, 3.8) is 0 Å². The van der Waals surface area contributed by atoms with Gasteiger partial charge in [-0.2, -0.15) is 17.4 Å². The maximum atomic E-state index is 12.8. The van der Waals surface area contributed by atoms with Gasteiger partial charge in [0.2, 0.25) is 5.95 Å². The molecule has 158 valence electrons. The van der Waals surface area contributed by atoms with Gasteiger partial charge in [-0.25, -0.2) is 9.97 Å². The Balaban J connectivity index is 1.67. The van der Waals surface area contributed by atoms with Gasteiger partial charge in [-0.1, -0.05) is 35.8 Å². The van der Waals surface area contributed by atoms with Gasteiger partial charge in [0.1, 0.15) is 13.4 Å².